The Hall–Kier alpha value is -2.09. The minimum absolute atomic E-state index is 0.0381. The van der Waals surface area contributed by atoms with E-state index in [1.54, 1.807) is 18.3 Å². The first-order chi connectivity index (χ1) is 13.0. The van der Waals surface area contributed by atoms with Crippen LogP contribution in [0.5, 0.6) is 0 Å². The number of aromatic carboxylic acids is 1. The van der Waals surface area contributed by atoms with E-state index in [4.69, 9.17) is 0 Å². The summed E-state index contributed by atoms with van der Waals surface area (Å²) in [6.45, 7) is 13.1. The summed E-state index contributed by atoms with van der Waals surface area (Å²) in [6, 6.07) is 0. The van der Waals surface area contributed by atoms with Crippen LogP contribution < -0.4 is 4.90 Å². The number of piperazine rings is 1. The molecule has 0 aromatic carbocycles. The summed E-state index contributed by atoms with van der Waals surface area (Å²) in [5, 5.41) is 9.80. The molecular formula is C20H28N4O3S. The Labute approximate surface area is 169 Å². The van der Waals surface area contributed by atoms with Crippen molar-refractivity contribution in [3.8, 4) is 0 Å². The van der Waals surface area contributed by atoms with Gasteiger partial charge in [-0.05, 0) is 18.3 Å². The zero-order valence-electron chi connectivity index (χ0n) is 17.2. The van der Waals surface area contributed by atoms with Crippen molar-refractivity contribution >= 4 is 34.0 Å². The van der Waals surface area contributed by atoms with Gasteiger partial charge in [-0.1, -0.05) is 27.7 Å². The Kier molecular flexibility index (Phi) is 4.26. The first-order valence-electron chi connectivity index (χ1n) is 9.78. The number of amides is 1. The lowest BCUT2D eigenvalue weighted by Crippen LogP contribution is -2.48. The molecule has 4 rings (SSSR count). The summed E-state index contributed by atoms with van der Waals surface area (Å²) in [4.78, 5) is 34.1. The molecule has 0 bridgehead atoms. The SMILES string of the molecule is CC(=O)N1CCN(c2c(C(=O)O)nc3sc4c(n23)CC(C)(C)CC4(C)C)CC1. The summed E-state index contributed by atoms with van der Waals surface area (Å²) in [5.41, 5.74) is 1.50. The number of hydrogen-bond donors (Lipinski definition) is 1. The number of carboxylic acid groups (broad SMARTS) is 1. The number of carbonyl (C=O) groups excluding carboxylic acids is 1. The van der Waals surface area contributed by atoms with E-state index in [1.807, 2.05) is 4.90 Å². The highest BCUT2D eigenvalue weighted by atomic mass is 32.1. The van der Waals surface area contributed by atoms with Crippen LogP contribution in [0, 0.1) is 5.41 Å². The highest BCUT2D eigenvalue weighted by Gasteiger charge is 2.42. The normalized spacial score (nSPS) is 21.0. The molecule has 3 heterocycles. The van der Waals surface area contributed by atoms with E-state index >= 15 is 0 Å². The fraction of sp³-hybridized carbons (Fsp3) is 0.650. The van der Waals surface area contributed by atoms with Gasteiger partial charge in [0, 0.05) is 49.1 Å². The maximum atomic E-state index is 12.0. The quantitative estimate of drug-likeness (QED) is 0.832. The minimum atomic E-state index is -0.997. The average molecular weight is 405 g/mol. The molecule has 28 heavy (non-hydrogen) atoms. The molecule has 0 spiro atoms. The second kappa shape index (κ2) is 6.20. The fourth-order valence-electron chi connectivity index (χ4n) is 5.10. The van der Waals surface area contributed by atoms with Crippen molar-refractivity contribution < 1.29 is 14.7 Å². The largest absolute Gasteiger partial charge is 0.476 e. The van der Waals surface area contributed by atoms with Crippen molar-refractivity contribution in [2.45, 2.75) is 52.9 Å². The summed E-state index contributed by atoms with van der Waals surface area (Å²) in [7, 11) is 0. The topological polar surface area (TPSA) is 78.2 Å². The summed E-state index contributed by atoms with van der Waals surface area (Å²) >= 11 is 1.63. The molecule has 0 radical (unpaired) electrons. The number of rotatable bonds is 2. The van der Waals surface area contributed by atoms with E-state index < -0.39 is 5.97 Å². The number of fused-ring (bicyclic) bond motifs is 3. The maximum absolute atomic E-state index is 12.0. The Morgan fingerprint density at radius 2 is 1.75 bits per heavy atom. The van der Waals surface area contributed by atoms with E-state index in [-0.39, 0.29) is 22.4 Å². The predicted molar refractivity (Wildman–Crippen MR) is 110 cm³/mol. The lowest BCUT2D eigenvalue weighted by Gasteiger charge is -2.40. The lowest BCUT2D eigenvalue weighted by atomic mass is 9.67. The summed E-state index contributed by atoms with van der Waals surface area (Å²) in [6.07, 6.45) is 2.00. The number of anilines is 1. The van der Waals surface area contributed by atoms with Crippen LogP contribution in [0.15, 0.2) is 0 Å². The molecule has 1 saturated heterocycles. The van der Waals surface area contributed by atoms with Gasteiger partial charge in [-0.3, -0.25) is 9.20 Å². The maximum Gasteiger partial charge on any atom is 0.358 e. The monoisotopic (exact) mass is 404 g/mol. The number of thiazole rings is 1. The van der Waals surface area contributed by atoms with Gasteiger partial charge in [0.1, 0.15) is 5.82 Å². The second-order valence-corrected chi connectivity index (χ2v) is 10.5. The first-order valence-corrected chi connectivity index (χ1v) is 10.6. The summed E-state index contributed by atoms with van der Waals surface area (Å²) < 4.78 is 2.09. The highest BCUT2D eigenvalue weighted by molar-refractivity contribution is 7.17. The van der Waals surface area contributed by atoms with Gasteiger partial charge in [0.05, 0.1) is 0 Å². The fourth-order valence-corrected chi connectivity index (χ4v) is 6.34. The van der Waals surface area contributed by atoms with Crippen LogP contribution in [0.25, 0.3) is 4.96 Å². The van der Waals surface area contributed by atoms with Crippen LogP contribution in [0.3, 0.4) is 0 Å². The van der Waals surface area contributed by atoms with E-state index in [9.17, 15) is 14.7 Å². The van der Waals surface area contributed by atoms with E-state index in [1.165, 1.54) is 10.6 Å². The Morgan fingerprint density at radius 3 is 2.32 bits per heavy atom. The van der Waals surface area contributed by atoms with Gasteiger partial charge in [0.25, 0.3) is 0 Å². The van der Waals surface area contributed by atoms with Gasteiger partial charge < -0.3 is 14.9 Å². The number of nitrogens with zero attached hydrogens (tertiary/aromatic N) is 4. The third-order valence-electron chi connectivity index (χ3n) is 5.96. The Balaban J connectivity index is 1.86. The standard InChI is InChI=1S/C20H28N4O3S/c1-12(25)22-6-8-23(9-7-22)16-14(17(26)27)21-18-24(16)13-10-19(2,3)11-20(4,5)15(13)28-18/h6-11H2,1-5H3,(H,26,27). The zero-order valence-corrected chi connectivity index (χ0v) is 18.0. The van der Waals surface area contributed by atoms with E-state index in [0.29, 0.717) is 32.0 Å². The first kappa shape index (κ1) is 19.2. The van der Waals surface area contributed by atoms with E-state index in [0.717, 1.165) is 17.8 Å². The van der Waals surface area contributed by atoms with Crippen molar-refractivity contribution in [3.05, 3.63) is 16.3 Å². The molecule has 0 atom stereocenters. The average Bonchev–Trinajstić information content (AvgIpc) is 3.11. The molecule has 7 nitrogen and oxygen atoms in total. The molecule has 2 aromatic rings. The molecule has 1 amide bonds. The van der Waals surface area contributed by atoms with Gasteiger partial charge in [0.2, 0.25) is 5.91 Å². The summed E-state index contributed by atoms with van der Waals surface area (Å²) in [5.74, 6) is -0.257. The van der Waals surface area contributed by atoms with Gasteiger partial charge in [0.15, 0.2) is 10.7 Å². The van der Waals surface area contributed by atoms with Crippen LogP contribution in [-0.4, -0.2) is 57.4 Å². The van der Waals surface area contributed by atoms with Crippen molar-refractivity contribution in [1.82, 2.24) is 14.3 Å². The Bertz CT molecular complexity index is 964. The highest BCUT2D eigenvalue weighted by Crippen LogP contribution is 2.49. The third kappa shape index (κ3) is 2.98. The molecule has 2 aliphatic rings. The molecule has 152 valence electrons. The van der Waals surface area contributed by atoms with Crippen molar-refractivity contribution in [2.24, 2.45) is 5.41 Å². The van der Waals surface area contributed by atoms with Crippen LogP contribution in [0.2, 0.25) is 0 Å². The lowest BCUT2D eigenvalue weighted by molar-refractivity contribution is -0.129. The number of carbonyl (C=O) groups is 2. The molecule has 1 aliphatic heterocycles. The van der Waals surface area contributed by atoms with Crippen LogP contribution >= 0.6 is 11.3 Å². The van der Waals surface area contributed by atoms with Crippen molar-refractivity contribution in [2.75, 3.05) is 31.1 Å². The number of carboxylic acids is 1. The van der Waals surface area contributed by atoms with Crippen LogP contribution in [-0.2, 0) is 16.6 Å². The van der Waals surface area contributed by atoms with Gasteiger partial charge in [-0.25, -0.2) is 9.78 Å². The van der Waals surface area contributed by atoms with Crippen LogP contribution in [0.4, 0.5) is 5.82 Å². The van der Waals surface area contributed by atoms with Gasteiger partial charge in [-0.15, -0.1) is 11.3 Å². The molecule has 2 aromatic heterocycles. The number of imidazole rings is 1. The molecular weight excluding hydrogens is 376 g/mol. The van der Waals surface area contributed by atoms with Crippen LogP contribution in [0.1, 0.15) is 62.1 Å². The zero-order chi connectivity index (χ0) is 20.4. The second-order valence-electron chi connectivity index (χ2n) is 9.48. The van der Waals surface area contributed by atoms with Crippen molar-refractivity contribution in [3.63, 3.8) is 0 Å². The molecule has 0 saturated carbocycles. The predicted octanol–water partition coefficient (Wildman–Crippen LogP) is 3.01. The van der Waals surface area contributed by atoms with E-state index in [2.05, 4.69) is 42.0 Å². The number of hydrogen-bond acceptors (Lipinski definition) is 5. The van der Waals surface area contributed by atoms with Gasteiger partial charge >= 0.3 is 5.97 Å². The number of aromatic nitrogens is 2. The van der Waals surface area contributed by atoms with Crippen molar-refractivity contribution in [1.29, 1.82) is 0 Å². The third-order valence-corrected chi connectivity index (χ3v) is 7.40. The molecule has 0 unspecified atom stereocenters. The smallest absolute Gasteiger partial charge is 0.358 e. The molecule has 1 aliphatic carbocycles. The molecule has 1 fully saturated rings. The molecule has 1 N–H and O–H groups in total. The Morgan fingerprint density at radius 1 is 1.11 bits per heavy atom. The molecule has 8 heteroatoms. The minimum Gasteiger partial charge on any atom is -0.476 e. The van der Waals surface area contributed by atoms with Gasteiger partial charge in [-0.2, -0.15) is 0 Å².